The van der Waals surface area contributed by atoms with Crippen LogP contribution in [-0.2, 0) is 0 Å². The van der Waals surface area contributed by atoms with Crippen molar-refractivity contribution < 1.29 is 4.79 Å². The van der Waals surface area contributed by atoms with Crippen LogP contribution in [0.2, 0.25) is 0 Å². The van der Waals surface area contributed by atoms with Gasteiger partial charge in [0, 0.05) is 43.5 Å². The van der Waals surface area contributed by atoms with Crippen molar-refractivity contribution in [1.82, 2.24) is 14.9 Å². The molecule has 1 aliphatic heterocycles. The van der Waals surface area contributed by atoms with E-state index in [0.717, 1.165) is 48.8 Å². The minimum absolute atomic E-state index is 0.104. The Morgan fingerprint density at radius 2 is 1.72 bits per heavy atom. The number of amides is 1. The maximum atomic E-state index is 12.7. The highest BCUT2D eigenvalue weighted by Gasteiger charge is 2.26. The van der Waals surface area contributed by atoms with Crippen molar-refractivity contribution in [3.8, 4) is 0 Å². The summed E-state index contributed by atoms with van der Waals surface area (Å²) in [7, 11) is 1.92. The minimum atomic E-state index is 0.104. The van der Waals surface area contributed by atoms with E-state index < -0.39 is 0 Å². The van der Waals surface area contributed by atoms with Gasteiger partial charge in [-0.2, -0.15) is 0 Å². The predicted molar refractivity (Wildman–Crippen MR) is 100 cm³/mol. The van der Waals surface area contributed by atoms with Crippen LogP contribution in [0.3, 0.4) is 0 Å². The Morgan fingerprint density at radius 1 is 1.08 bits per heavy atom. The number of rotatable bonds is 3. The zero-order chi connectivity index (χ0) is 18.0. The number of benzene rings is 1. The Kier molecular flexibility index (Phi) is 5.02. The summed E-state index contributed by atoms with van der Waals surface area (Å²) in [6.45, 7) is 7.78. The summed E-state index contributed by atoms with van der Waals surface area (Å²) in [5, 5.41) is 0. The monoisotopic (exact) mass is 338 g/mol. The molecule has 1 fully saturated rings. The van der Waals surface area contributed by atoms with E-state index >= 15 is 0 Å². The van der Waals surface area contributed by atoms with Gasteiger partial charge in [-0.25, -0.2) is 9.97 Å². The molecule has 3 rings (SSSR count). The standard InChI is InChI=1S/C20H26N4O/c1-14-5-7-17(8-6-14)20(25)23(4)18-9-11-24(12-10-18)19-13-15(2)21-16(3)22-19/h5-8,13,18H,9-12H2,1-4H3. The number of aryl methyl sites for hydroxylation is 3. The molecule has 1 saturated heterocycles. The van der Waals surface area contributed by atoms with Crippen LogP contribution in [0.25, 0.3) is 0 Å². The Balaban J connectivity index is 1.63. The van der Waals surface area contributed by atoms with Crippen LogP contribution in [0.15, 0.2) is 30.3 Å². The third-order valence-electron chi connectivity index (χ3n) is 4.91. The van der Waals surface area contributed by atoms with Gasteiger partial charge in [0.1, 0.15) is 11.6 Å². The second-order valence-electron chi connectivity index (χ2n) is 6.92. The van der Waals surface area contributed by atoms with Gasteiger partial charge in [-0.15, -0.1) is 0 Å². The molecule has 0 spiro atoms. The first-order valence-electron chi connectivity index (χ1n) is 8.85. The van der Waals surface area contributed by atoms with Crippen LogP contribution >= 0.6 is 0 Å². The zero-order valence-electron chi connectivity index (χ0n) is 15.5. The summed E-state index contributed by atoms with van der Waals surface area (Å²) in [6.07, 6.45) is 1.91. The van der Waals surface area contributed by atoms with E-state index in [1.807, 2.05) is 63.1 Å². The number of hydrogen-bond donors (Lipinski definition) is 0. The number of anilines is 1. The molecule has 0 unspecified atom stereocenters. The van der Waals surface area contributed by atoms with E-state index in [4.69, 9.17) is 0 Å². The molecule has 5 nitrogen and oxygen atoms in total. The molecule has 25 heavy (non-hydrogen) atoms. The molecular weight excluding hydrogens is 312 g/mol. The molecule has 5 heteroatoms. The summed E-state index contributed by atoms with van der Waals surface area (Å²) in [6, 6.07) is 10.1. The van der Waals surface area contributed by atoms with Crippen molar-refractivity contribution in [3.63, 3.8) is 0 Å². The number of carbonyl (C=O) groups is 1. The average molecular weight is 338 g/mol. The first-order valence-corrected chi connectivity index (χ1v) is 8.85. The van der Waals surface area contributed by atoms with Gasteiger partial charge in [-0.1, -0.05) is 17.7 Å². The lowest BCUT2D eigenvalue weighted by Crippen LogP contribution is -2.46. The first kappa shape index (κ1) is 17.4. The minimum Gasteiger partial charge on any atom is -0.356 e. The first-order chi connectivity index (χ1) is 11.9. The van der Waals surface area contributed by atoms with Crippen molar-refractivity contribution in [2.24, 2.45) is 0 Å². The fraction of sp³-hybridized carbons (Fsp3) is 0.450. The topological polar surface area (TPSA) is 49.3 Å². The SMILES string of the molecule is Cc1ccc(C(=O)N(C)C2CCN(c3cc(C)nc(C)n3)CC2)cc1. The Labute approximate surface area is 149 Å². The second-order valence-corrected chi connectivity index (χ2v) is 6.92. The average Bonchev–Trinajstić information content (AvgIpc) is 2.60. The molecule has 1 aromatic heterocycles. The van der Waals surface area contributed by atoms with Gasteiger partial charge in [0.2, 0.25) is 0 Å². The molecule has 0 saturated carbocycles. The van der Waals surface area contributed by atoms with Crippen LogP contribution in [0, 0.1) is 20.8 Å². The molecule has 0 atom stereocenters. The third kappa shape index (κ3) is 3.98. The molecule has 132 valence electrons. The predicted octanol–water partition coefficient (Wildman–Crippen LogP) is 3.14. The van der Waals surface area contributed by atoms with Crippen LogP contribution in [0.4, 0.5) is 5.82 Å². The van der Waals surface area contributed by atoms with E-state index in [9.17, 15) is 4.79 Å². The Morgan fingerprint density at radius 3 is 2.32 bits per heavy atom. The molecule has 0 bridgehead atoms. The normalized spacial score (nSPS) is 15.3. The van der Waals surface area contributed by atoms with Crippen molar-refractivity contribution in [2.45, 2.75) is 39.7 Å². The van der Waals surface area contributed by atoms with E-state index in [2.05, 4.69) is 14.9 Å². The van der Waals surface area contributed by atoms with Gasteiger partial charge in [0.15, 0.2) is 0 Å². The second kappa shape index (κ2) is 7.21. The van der Waals surface area contributed by atoms with Gasteiger partial charge in [-0.3, -0.25) is 4.79 Å². The van der Waals surface area contributed by atoms with E-state index in [1.165, 1.54) is 5.56 Å². The number of piperidine rings is 1. The molecular formula is C20H26N4O. The molecule has 1 amide bonds. The van der Waals surface area contributed by atoms with Crippen LogP contribution in [-0.4, -0.2) is 47.0 Å². The van der Waals surface area contributed by atoms with Gasteiger partial charge in [0.05, 0.1) is 0 Å². The van der Waals surface area contributed by atoms with Crippen LogP contribution in [0.5, 0.6) is 0 Å². The van der Waals surface area contributed by atoms with E-state index in [1.54, 1.807) is 0 Å². The van der Waals surface area contributed by atoms with Gasteiger partial charge in [0.25, 0.3) is 5.91 Å². The highest BCUT2D eigenvalue weighted by atomic mass is 16.2. The van der Waals surface area contributed by atoms with Crippen molar-refractivity contribution in [2.75, 3.05) is 25.0 Å². The van der Waals surface area contributed by atoms with E-state index in [0.29, 0.717) is 0 Å². The van der Waals surface area contributed by atoms with Gasteiger partial charge in [-0.05, 0) is 45.7 Å². The summed E-state index contributed by atoms with van der Waals surface area (Å²) in [5.41, 5.74) is 2.93. The summed E-state index contributed by atoms with van der Waals surface area (Å²) >= 11 is 0. The summed E-state index contributed by atoms with van der Waals surface area (Å²) in [4.78, 5) is 25.8. The highest BCUT2D eigenvalue weighted by molar-refractivity contribution is 5.94. The third-order valence-corrected chi connectivity index (χ3v) is 4.91. The fourth-order valence-electron chi connectivity index (χ4n) is 3.41. The molecule has 0 aliphatic carbocycles. The van der Waals surface area contributed by atoms with Crippen molar-refractivity contribution in [1.29, 1.82) is 0 Å². The molecule has 1 aromatic carbocycles. The molecule has 1 aliphatic rings. The maximum absolute atomic E-state index is 12.7. The van der Waals surface area contributed by atoms with Crippen LogP contribution in [0.1, 0.15) is 40.3 Å². The summed E-state index contributed by atoms with van der Waals surface area (Å²) < 4.78 is 0. The molecule has 2 heterocycles. The lowest BCUT2D eigenvalue weighted by molar-refractivity contribution is 0.0709. The van der Waals surface area contributed by atoms with Crippen molar-refractivity contribution >= 4 is 11.7 Å². The number of carbonyl (C=O) groups excluding carboxylic acids is 1. The Bertz CT molecular complexity index is 729. The number of aromatic nitrogens is 2. The van der Waals surface area contributed by atoms with Crippen molar-refractivity contribution in [3.05, 3.63) is 53.0 Å². The summed E-state index contributed by atoms with van der Waals surface area (Å²) in [5.74, 6) is 1.91. The number of nitrogens with zero attached hydrogens (tertiary/aromatic N) is 4. The van der Waals surface area contributed by atoms with Gasteiger partial charge < -0.3 is 9.80 Å². The molecule has 0 N–H and O–H groups in total. The highest BCUT2D eigenvalue weighted by Crippen LogP contribution is 2.22. The lowest BCUT2D eigenvalue weighted by atomic mass is 10.0. The zero-order valence-corrected chi connectivity index (χ0v) is 15.5. The quantitative estimate of drug-likeness (QED) is 0.863. The fourth-order valence-corrected chi connectivity index (χ4v) is 3.41. The Hall–Kier alpha value is -2.43. The van der Waals surface area contributed by atoms with Gasteiger partial charge >= 0.3 is 0 Å². The maximum Gasteiger partial charge on any atom is 0.253 e. The number of hydrogen-bond acceptors (Lipinski definition) is 4. The largest absolute Gasteiger partial charge is 0.356 e. The lowest BCUT2D eigenvalue weighted by Gasteiger charge is -2.37. The molecule has 0 radical (unpaired) electrons. The molecule has 2 aromatic rings. The van der Waals surface area contributed by atoms with E-state index in [-0.39, 0.29) is 11.9 Å². The van der Waals surface area contributed by atoms with Crippen LogP contribution < -0.4 is 4.90 Å². The smallest absolute Gasteiger partial charge is 0.253 e.